The van der Waals surface area contributed by atoms with Gasteiger partial charge in [0.2, 0.25) is 17.2 Å². The van der Waals surface area contributed by atoms with Crippen LogP contribution in [0, 0.1) is 11.8 Å². The first-order valence-corrected chi connectivity index (χ1v) is 7.38. The van der Waals surface area contributed by atoms with Crippen molar-refractivity contribution in [3.63, 3.8) is 0 Å². The molecule has 2 N–H and O–H groups in total. The number of nitrogens with one attached hydrogen (secondary N) is 2. The Balaban J connectivity index is 1.80. The summed E-state index contributed by atoms with van der Waals surface area (Å²) in [6, 6.07) is 0. The molecule has 5 nitrogen and oxygen atoms in total. The first-order valence-electron chi connectivity index (χ1n) is 7.00. The number of hydrogen-bond acceptors (Lipinski definition) is 5. The zero-order chi connectivity index (χ0) is 13.7. The summed E-state index contributed by atoms with van der Waals surface area (Å²) in [6.07, 6.45) is 6.63. The van der Waals surface area contributed by atoms with Gasteiger partial charge in [-0.15, -0.1) is 0 Å². The van der Waals surface area contributed by atoms with Gasteiger partial charge in [-0.25, -0.2) is 0 Å². The fraction of sp³-hybridized carbons (Fsp3) is 0.769. The Bertz CT molecular complexity index is 412. The van der Waals surface area contributed by atoms with Crippen LogP contribution in [0.25, 0.3) is 0 Å². The minimum Gasteiger partial charge on any atom is -0.357 e. The number of nitrogens with zero attached hydrogens (tertiary/aromatic N) is 3. The van der Waals surface area contributed by atoms with Crippen LogP contribution in [-0.4, -0.2) is 28.5 Å². The molecule has 0 spiro atoms. The van der Waals surface area contributed by atoms with E-state index in [1.165, 1.54) is 32.1 Å². The summed E-state index contributed by atoms with van der Waals surface area (Å²) in [5.41, 5.74) is 0. The molecular weight excluding hydrogens is 262 g/mol. The molecule has 2 unspecified atom stereocenters. The van der Waals surface area contributed by atoms with Gasteiger partial charge in [-0.2, -0.15) is 15.0 Å². The molecule has 1 fully saturated rings. The van der Waals surface area contributed by atoms with E-state index in [0.29, 0.717) is 11.9 Å². The Kier molecular flexibility index (Phi) is 5.19. The Morgan fingerprint density at radius 1 is 1.21 bits per heavy atom. The molecule has 1 aliphatic rings. The predicted octanol–water partition coefficient (Wildman–Crippen LogP) is 3.20. The van der Waals surface area contributed by atoms with E-state index in [0.717, 1.165) is 18.4 Å². The third kappa shape index (κ3) is 4.49. The Morgan fingerprint density at radius 3 is 2.74 bits per heavy atom. The van der Waals surface area contributed by atoms with E-state index in [4.69, 9.17) is 11.6 Å². The van der Waals surface area contributed by atoms with Crippen LogP contribution in [0.2, 0.25) is 5.28 Å². The smallest absolute Gasteiger partial charge is 0.228 e. The van der Waals surface area contributed by atoms with Crippen LogP contribution in [0.4, 0.5) is 11.9 Å². The number of aromatic nitrogens is 3. The second kappa shape index (κ2) is 6.89. The average molecular weight is 284 g/mol. The normalized spacial score (nSPS) is 23.1. The molecule has 1 aromatic heterocycles. The van der Waals surface area contributed by atoms with Crippen molar-refractivity contribution in [2.45, 2.75) is 39.0 Å². The van der Waals surface area contributed by atoms with E-state index in [-0.39, 0.29) is 5.28 Å². The van der Waals surface area contributed by atoms with Crippen LogP contribution >= 0.6 is 11.6 Å². The molecule has 0 amide bonds. The zero-order valence-electron chi connectivity index (χ0n) is 11.6. The lowest BCUT2D eigenvalue weighted by Gasteiger charge is -2.26. The molecule has 2 atom stereocenters. The van der Waals surface area contributed by atoms with E-state index >= 15 is 0 Å². The van der Waals surface area contributed by atoms with E-state index in [9.17, 15) is 0 Å². The number of anilines is 2. The molecule has 0 saturated heterocycles. The van der Waals surface area contributed by atoms with Gasteiger partial charge in [0, 0.05) is 13.6 Å². The van der Waals surface area contributed by atoms with E-state index in [2.05, 4.69) is 32.5 Å². The molecule has 6 heteroatoms. The average Bonchev–Trinajstić information content (AvgIpc) is 2.38. The summed E-state index contributed by atoms with van der Waals surface area (Å²) < 4.78 is 0. The van der Waals surface area contributed by atoms with Gasteiger partial charge in [-0.05, 0) is 36.3 Å². The molecule has 19 heavy (non-hydrogen) atoms. The van der Waals surface area contributed by atoms with Crippen LogP contribution in [0.15, 0.2) is 0 Å². The fourth-order valence-corrected chi connectivity index (χ4v) is 2.91. The molecule has 0 bridgehead atoms. The number of halogens is 1. The lowest BCUT2D eigenvalue weighted by atomic mass is 9.81. The maximum atomic E-state index is 5.83. The summed E-state index contributed by atoms with van der Waals surface area (Å²) in [5.74, 6) is 2.75. The van der Waals surface area contributed by atoms with Crippen molar-refractivity contribution in [3.05, 3.63) is 5.28 Å². The van der Waals surface area contributed by atoms with Crippen molar-refractivity contribution in [2.75, 3.05) is 24.2 Å². The van der Waals surface area contributed by atoms with Crippen molar-refractivity contribution < 1.29 is 0 Å². The van der Waals surface area contributed by atoms with Crippen LogP contribution in [0.1, 0.15) is 39.0 Å². The monoisotopic (exact) mass is 283 g/mol. The Hall–Kier alpha value is -1.10. The topological polar surface area (TPSA) is 62.7 Å². The second-order valence-electron chi connectivity index (χ2n) is 5.35. The molecule has 0 radical (unpaired) electrons. The van der Waals surface area contributed by atoms with Gasteiger partial charge in [0.05, 0.1) is 0 Å². The summed E-state index contributed by atoms with van der Waals surface area (Å²) in [4.78, 5) is 12.2. The molecule has 106 valence electrons. The highest BCUT2D eigenvalue weighted by Crippen LogP contribution is 2.30. The number of rotatable bonds is 5. The first kappa shape index (κ1) is 14.3. The standard InChI is InChI=1S/C13H22ClN5/c1-9-4-3-5-10(8-9)6-7-16-13-18-11(14)17-12(15-2)19-13/h9-10H,3-8H2,1-2H3,(H2,15,16,17,18,19). The quantitative estimate of drug-likeness (QED) is 0.869. The van der Waals surface area contributed by atoms with Crippen molar-refractivity contribution in [3.8, 4) is 0 Å². The van der Waals surface area contributed by atoms with E-state index in [1.807, 2.05) is 0 Å². The summed E-state index contributed by atoms with van der Waals surface area (Å²) in [5, 5.41) is 6.32. The lowest BCUT2D eigenvalue weighted by Crippen LogP contribution is -2.17. The SMILES string of the molecule is CNc1nc(Cl)nc(NCCC2CCCC(C)C2)n1. The first-order chi connectivity index (χ1) is 9.17. The minimum absolute atomic E-state index is 0.216. The molecule has 1 heterocycles. The van der Waals surface area contributed by atoms with Gasteiger partial charge >= 0.3 is 0 Å². The van der Waals surface area contributed by atoms with E-state index < -0.39 is 0 Å². The van der Waals surface area contributed by atoms with Crippen LogP contribution in [-0.2, 0) is 0 Å². The highest BCUT2D eigenvalue weighted by Gasteiger charge is 2.18. The van der Waals surface area contributed by atoms with Crippen LogP contribution < -0.4 is 10.6 Å². The Morgan fingerprint density at radius 2 is 2.00 bits per heavy atom. The highest BCUT2D eigenvalue weighted by molar-refractivity contribution is 6.28. The van der Waals surface area contributed by atoms with Crippen LogP contribution in [0.3, 0.4) is 0 Å². The maximum Gasteiger partial charge on any atom is 0.228 e. The van der Waals surface area contributed by atoms with Gasteiger partial charge in [0.25, 0.3) is 0 Å². The largest absolute Gasteiger partial charge is 0.357 e. The Labute approximate surface area is 119 Å². The van der Waals surface area contributed by atoms with Gasteiger partial charge in [0.1, 0.15) is 0 Å². The van der Waals surface area contributed by atoms with Gasteiger partial charge in [0.15, 0.2) is 0 Å². The van der Waals surface area contributed by atoms with Crippen LogP contribution in [0.5, 0.6) is 0 Å². The molecule has 1 saturated carbocycles. The minimum atomic E-state index is 0.216. The van der Waals surface area contributed by atoms with Gasteiger partial charge < -0.3 is 10.6 Å². The lowest BCUT2D eigenvalue weighted by molar-refractivity contribution is 0.274. The molecular formula is C13H22ClN5. The molecule has 1 aromatic rings. The predicted molar refractivity (Wildman–Crippen MR) is 78.6 cm³/mol. The van der Waals surface area contributed by atoms with E-state index in [1.54, 1.807) is 7.05 Å². The van der Waals surface area contributed by atoms with Crippen molar-refractivity contribution in [2.24, 2.45) is 11.8 Å². The summed E-state index contributed by atoms with van der Waals surface area (Å²) >= 11 is 5.83. The van der Waals surface area contributed by atoms with Gasteiger partial charge in [-0.3, -0.25) is 0 Å². The summed E-state index contributed by atoms with van der Waals surface area (Å²) in [7, 11) is 1.76. The second-order valence-corrected chi connectivity index (χ2v) is 5.69. The fourth-order valence-electron chi connectivity index (χ4n) is 2.75. The summed E-state index contributed by atoms with van der Waals surface area (Å²) in [6.45, 7) is 3.24. The van der Waals surface area contributed by atoms with Crippen molar-refractivity contribution >= 4 is 23.5 Å². The molecule has 1 aliphatic carbocycles. The third-order valence-corrected chi connectivity index (χ3v) is 3.88. The molecule has 0 aliphatic heterocycles. The third-order valence-electron chi connectivity index (χ3n) is 3.71. The maximum absolute atomic E-state index is 5.83. The zero-order valence-corrected chi connectivity index (χ0v) is 12.4. The molecule has 2 rings (SSSR count). The highest BCUT2D eigenvalue weighted by atomic mass is 35.5. The van der Waals surface area contributed by atoms with Crippen molar-refractivity contribution in [1.82, 2.24) is 15.0 Å². The molecule has 0 aromatic carbocycles. The number of hydrogen-bond donors (Lipinski definition) is 2. The van der Waals surface area contributed by atoms with Gasteiger partial charge in [-0.1, -0.05) is 26.2 Å². The van der Waals surface area contributed by atoms with Crippen molar-refractivity contribution in [1.29, 1.82) is 0 Å².